The molecule has 0 amide bonds. The quantitative estimate of drug-likeness (QED) is 0.618. The van der Waals surface area contributed by atoms with Crippen molar-refractivity contribution < 1.29 is 0 Å². The van der Waals surface area contributed by atoms with Gasteiger partial charge in [0.15, 0.2) is 0 Å². The molecule has 0 radical (unpaired) electrons. The highest BCUT2D eigenvalue weighted by Gasteiger charge is 2.35. The number of hydrogen-bond acceptors (Lipinski definition) is 3. The molecule has 0 aliphatic heterocycles. The van der Waals surface area contributed by atoms with Crippen LogP contribution in [-0.4, -0.2) is 0 Å². The van der Waals surface area contributed by atoms with Crippen LogP contribution >= 0.6 is 0 Å². The molecule has 3 rings (SSSR count). The van der Waals surface area contributed by atoms with E-state index in [4.69, 9.17) is 17.2 Å². The third-order valence-corrected chi connectivity index (χ3v) is 3.90. The Morgan fingerprint density at radius 2 is 1.39 bits per heavy atom. The molecule has 2 aromatic rings. The first-order chi connectivity index (χ1) is 8.41. The van der Waals surface area contributed by atoms with Gasteiger partial charge in [0.2, 0.25) is 0 Å². The monoisotopic (exact) mass is 239 g/mol. The fraction of sp³-hybridized carbons (Fsp3) is 0.200. The molecular weight excluding hydrogens is 222 g/mol. The zero-order chi connectivity index (χ0) is 13.1. The summed E-state index contributed by atoms with van der Waals surface area (Å²) < 4.78 is 0. The molecule has 6 N–H and O–H groups in total. The Bertz CT molecular complexity index is 657. The molecule has 0 aromatic heterocycles. The standard InChI is InChI=1S/C15H17N3/c1-15(2)11-4-3-8(16)5-9(11)10-6-13(17)14(18)7-12(10)15/h3-7H,16-18H2,1-2H3. The smallest absolute Gasteiger partial charge is 0.0554 e. The van der Waals surface area contributed by atoms with Crippen molar-refractivity contribution >= 4 is 17.1 Å². The molecule has 0 heterocycles. The molecule has 0 spiro atoms. The lowest BCUT2D eigenvalue weighted by Crippen LogP contribution is -2.15. The van der Waals surface area contributed by atoms with E-state index in [9.17, 15) is 0 Å². The number of nitrogens with two attached hydrogens (primary N) is 3. The second kappa shape index (κ2) is 3.19. The van der Waals surface area contributed by atoms with E-state index < -0.39 is 0 Å². The van der Waals surface area contributed by atoms with Gasteiger partial charge in [-0.2, -0.15) is 0 Å². The van der Waals surface area contributed by atoms with Gasteiger partial charge in [-0.15, -0.1) is 0 Å². The lowest BCUT2D eigenvalue weighted by atomic mass is 9.82. The van der Waals surface area contributed by atoms with Gasteiger partial charge in [0, 0.05) is 11.1 Å². The zero-order valence-corrected chi connectivity index (χ0v) is 10.6. The van der Waals surface area contributed by atoms with Crippen molar-refractivity contribution in [3.05, 3.63) is 41.5 Å². The van der Waals surface area contributed by atoms with Gasteiger partial charge in [-0.05, 0) is 46.5 Å². The van der Waals surface area contributed by atoms with Gasteiger partial charge >= 0.3 is 0 Å². The Morgan fingerprint density at radius 3 is 2.11 bits per heavy atom. The van der Waals surface area contributed by atoms with Gasteiger partial charge in [-0.25, -0.2) is 0 Å². The number of rotatable bonds is 0. The molecule has 92 valence electrons. The molecule has 0 saturated heterocycles. The molecular formula is C15H17N3. The Balaban J connectivity index is 2.40. The Labute approximate surface area is 107 Å². The highest BCUT2D eigenvalue weighted by atomic mass is 14.7. The number of benzene rings is 2. The van der Waals surface area contributed by atoms with Crippen LogP contribution < -0.4 is 17.2 Å². The van der Waals surface area contributed by atoms with Gasteiger partial charge < -0.3 is 17.2 Å². The van der Waals surface area contributed by atoms with Crippen LogP contribution in [0.25, 0.3) is 11.1 Å². The molecule has 0 saturated carbocycles. The Morgan fingerprint density at radius 1 is 0.778 bits per heavy atom. The highest BCUT2D eigenvalue weighted by molar-refractivity contribution is 5.87. The molecule has 1 aliphatic carbocycles. The maximum atomic E-state index is 5.93. The molecule has 0 unspecified atom stereocenters. The minimum absolute atomic E-state index is 0.0554. The first kappa shape index (κ1) is 11.0. The van der Waals surface area contributed by atoms with Gasteiger partial charge in [-0.3, -0.25) is 0 Å². The molecule has 0 bridgehead atoms. The second-order valence-electron chi connectivity index (χ2n) is 5.46. The summed E-state index contributed by atoms with van der Waals surface area (Å²) in [4.78, 5) is 0. The lowest BCUT2D eigenvalue weighted by Gasteiger charge is -2.21. The summed E-state index contributed by atoms with van der Waals surface area (Å²) in [5.74, 6) is 0. The first-order valence-electron chi connectivity index (χ1n) is 6.01. The third kappa shape index (κ3) is 1.24. The van der Waals surface area contributed by atoms with E-state index in [1.165, 1.54) is 16.7 Å². The molecule has 3 nitrogen and oxygen atoms in total. The average Bonchev–Trinajstić information content (AvgIpc) is 2.50. The van der Waals surface area contributed by atoms with E-state index in [-0.39, 0.29) is 5.41 Å². The fourth-order valence-corrected chi connectivity index (χ4v) is 2.85. The predicted octanol–water partition coefficient (Wildman–Crippen LogP) is 2.74. The van der Waals surface area contributed by atoms with E-state index in [1.807, 2.05) is 24.3 Å². The van der Waals surface area contributed by atoms with Crippen LogP contribution in [0.4, 0.5) is 17.1 Å². The molecule has 2 aromatic carbocycles. The minimum Gasteiger partial charge on any atom is -0.399 e. The summed E-state index contributed by atoms with van der Waals surface area (Å²) >= 11 is 0. The van der Waals surface area contributed by atoms with Gasteiger partial charge in [0.05, 0.1) is 11.4 Å². The summed E-state index contributed by atoms with van der Waals surface area (Å²) in [6, 6.07) is 9.99. The maximum absolute atomic E-state index is 5.93. The maximum Gasteiger partial charge on any atom is 0.0554 e. The number of fused-ring (bicyclic) bond motifs is 3. The number of nitrogen functional groups attached to an aromatic ring is 3. The SMILES string of the molecule is CC1(C)c2ccc(N)cc2-c2cc(N)c(N)cc21. The van der Waals surface area contributed by atoms with Crippen molar-refractivity contribution in [2.45, 2.75) is 19.3 Å². The number of hydrogen-bond donors (Lipinski definition) is 3. The van der Waals surface area contributed by atoms with Crippen molar-refractivity contribution in [3.8, 4) is 11.1 Å². The number of anilines is 3. The minimum atomic E-state index is -0.0554. The summed E-state index contributed by atoms with van der Waals surface area (Å²) in [6.07, 6.45) is 0. The Hall–Kier alpha value is -2.16. The normalized spacial score (nSPS) is 15.2. The van der Waals surface area contributed by atoms with Crippen molar-refractivity contribution in [1.29, 1.82) is 0 Å². The van der Waals surface area contributed by atoms with Crippen LogP contribution in [0.15, 0.2) is 30.3 Å². The third-order valence-electron chi connectivity index (χ3n) is 3.90. The molecule has 0 fully saturated rings. The molecule has 3 heteroatoms. The second-order valence-corrected chi connectivity index (χ2v) is 5.46. The molecule has 18 heavy (non-hydrogen) atoms. The average molecular weight is 239 g/mol. The van der Waals surface area contributed by atoms with E-state index >= 15 is 0 Å². The van der Waals surface area contributed by atoms with E-state index in [0.29, 0.717) is 11.4 Å². The van der Waals surface area contributed by atoms with Crippen LogP contribution in [-0.2, 0) is 5.41 Å². The van der Waals surface area contributed by atoms with Gasteiger partial charge in [-0.1, -0.05) is 19.9 Å². The largest absolute Gasteiger partial charge is 0.399 e. The van der Waals surface area contributed by atoms with Crippen LogP contribution in [0, 0.1) is 0 Å². The van der Waals surface area contributed by atoms with E-state index in [1.54, 1.807) is 0 Å². The molecule has 1 aliphatic rings. The van der Waals surface area contributed by atoms with Crippen LogP contribution in [0.3, 0.4) is 0 Å². The van der Waals surface area contributed by atoms with Crippen molar-refractivity contribution in [2.75, 3.05) is 17.2 Å². The fourth-order valence-electron chi connectivity index (χ4n) is 2.85. The van der Waals surface area contributed by atoms with Crippen molar-refractivity contribution in [3.63, 3.8) is 0 Å². The van der Waals surface area contributed by atoms with Gasteiger partial charge in [0.25, 0.3) is 0 Å². The summed E-state index contributed by atoms with van der Waals surface area (Å²) in [5.41, 5.74) is 24.5. The van der Waals surface area contributed by atoms with Gasteiger partial charge in [0.1, 0.15) is 0 Å². The van der Waals surface area contributed by atoms with Crippen LogP contribution in [0.5, 0.6) is 0 Å². The van der Waals surface area contributed by atoms with Crippen LogP contribution in [0.2, 0.25) is 0 Å². The zero-order valence-electron chi connectivity index (χ0n) is 10.6. The predicted molar refractivity (Wildman–Crippen MR) is 77.2 cm³/mol. The highest BCUT2D eigenvalue weighted by Crippen LogP contribution is 2.50. The Kier molecular flexibility index (Phi) is 1.94. The summed E-state index contributed by atoms with van der Waals surface area (Å²) in [6.45, 7) is 4.40. The summed E-state index contributed by atoms with van der Waals surface area (Å²) in [5, 5.41) is 0. The van der Waals surface area contributed by atoms with Crippen LogP contribution in [0.1, 0.15) is 25.0 Å². The summed E-state index contributed by atoms with van der Waals surface area (Å²) in [7, 11) is 0. The van der Waals surface area contributed by atoms with Crippen molar-refractivity contribution in [2.24, 2.45) is 0 Å². The van der Waals surface area contributed by atoms with E-state index in [0.717, 1.165) is 11.3 Å². The topological polar surface area (TPSA) is 78.1 Å². The van der Waals surface area contributed by atoms with E-state index in [2.05, 4.69) is 19.9 Å². The lowest BCUT2D eigenvalue weighted by molar-refractivity contribution is 0.661. The first-order valence-corrected chi connectivity index (χ1v) is 6.01. The van der Waals surface area contributed by atoms with Crippen molar-refractivity contribution in [1.82, 2.24) is 0 Å². The molecule has 0 atom stereocenters.